The van der Waals surface area contributed by atoms with E-state index in [1.54, 1.807) is 25.3 Å². The van der Waals surface area contributed by atoms with Gasteiger partial charge < -0.3 is 14.8 Å². The number of carbonyl (C=O) groups excluding carboxylic acids is 2. The van der Waals surface area contributed by atoms with Crippen molar-refractivity contribution in [3.8, 4) is 5.75 Å². The van der Waals surface area contributed by atoms with Crippen LogP contribution in [-0.2, 0) is 16.0 Å². The Morgan fingerprint density at radius 1 is 1.23 bits per heavy atom. The van der Waals surface area contributed by atoms with E-state index in [0.717, 1.165) is 24.8 Å². The number of hydrogen-bond acceptors (Lipinski definition) is 4. The third kappa shape index (κ3) is 4.25. The van der Waals surface area contributed by atoms with Crippen LogP contribution in [0.25, 0.3) is 0 Å². The lowest BCUT2D eigenvalue weighted by Gasteiger charge is -2.26. The van der Waals surface area contributed by atoms with Crippen molar-refractivity contribution in [2.45, 2.75) is 25.3 Å². The molecule has 0 heterocycles. The van der Waals surface area contributed by atoms with E-state index in [4.69, 9.17) is 9.47 Å². The predicted molar refractivity (Wildman–Crippen MR) is 101 cm³/mol. The molecule has 3 rings (SSSR count). The van der Waals surface area contributed by atoms with Gasteiger partial charge in [-0.1, -0.05) is 24.3 Å². The maximum atomic E-state index is 12.2. The Hall–Kier alpha value is -2.34. The summed E-state index contributed by atoms with van der Waals surface area (Å²) >= 11 is 3.32. The van der Waals surface area contributed by atoms with Crippen LogP contribution < -0.4 is 10.1 Å². The summed E-state index contributed by atoms with van der Waals surface area (Å²) in [6.07, 6.45) is 2.95. The Morgan fingerprint density at radius 2 is 2.04 bits per heavy atom. The van der Waals surface area contributed by atoms with E-state index in [1.165, 1.54) is 5.56 Å². The van der Waals surface area contributed by atoms with Crippen molar-refractivity contribution in [3.63, 3.8) is 0 Å². The van der Waals surface area contributed by atoms with E-state index in [1.807, 2.05) is 18.2 Å². The molecule has 5 nitrogen and oxygen atoms in total. The van der Waals surface area contributed by atoms with Crippen molar-refractivity contribution in [2.24, 2.45) is 0 Å². The number of rotatable bonds is 5. The van der Waals surface area contributed by atoms with Crippen LogP contribution in [0.2, 0.25) is 0 Å². The van der Waals surface area contributed by atoms with Gasteiger partial charge in [0.05, 0.1) is 23.2 Å². The van der Waals surface area contributed by atoms with E-state index in [9.17, 15) is 9.59 Å². The lowest BCUT2D eigenvalue weighted by molar-refractivity contribution is -0.125. The van der Waals surface area contributed by atoms with Crippen LogP contribution >= 0.6 is 15.9 Å². The van der Waals surface area contributed by atoms with Gasteiger partial charge in [-0.3, -0.25) is 4.79 Å². The highest BCUT2D eigenvalue weighted by Gasteiger charge is 2.22. The molecule has 0 unspecified atom stereocenters. The number of carbonyl (C=O) groups is 2. The number of halogens is 1. The molecule has 0 aromatic heterocycles. The monoisotopic (exact) mass is 417 g/mol. The number of nitrogens with one attached hydrogen (secondary N) is 1. The molecule has 2 aromatic carbocycles. The van der Waals surface area contributed by atoms with Crippen LogP contribution in [0.4, 0.5) is 0 Å². The molecule has 0 saturated carbocycles. The minimum atomic E-state index is -0.549. The molecule has 136 valence electrons. The van der Waals surface area contributed by atoms with Crippen molar-refractivity contribution < 1.29 is 19.1 Å². The fourth-order valence-corrected chi connectivity index (χ4v) is 3.69. The maximum Gasteiger partial charge on any atom is 0.338 e. The van der Waals surface area contributed by atoms with Crippen LogP contribution in [0.5, 0.6) is 5.75 Å². The Bertz CT molecular complexity index is 821. The molecule has 1 amide bonds. The first-order valence-electron chi connectivity index (χ1n) is 8.46. The van der Waals surface area contributed by atoms with Crippen LogP contribution in [0.15, 0.2) is 46.9 Å². The van der Waals surface area contributed by atoms with Crippen molar-refractivity contribution >= 4 is 27.8 Å². The van der Waals surface area contributed by atoms with Gasteiger partial charge in [0.25, 0.3) is 5.91 Å². The van der Waals surface area contributed by atoms with E-state index >= 15 is 0 Å². The fourth-order valence-electron chi connectivity index (χ4n) is 3.15. The molecule has 1 aliphatic rings. The molecule has 0 bridgehead atoms. The van der Waals surface area contributed by atoms with Gasteiger partial charge in [-0.2, -0.15) is 0 Å². The zero-order chi connectivity index (χ0) is 18.5. The second-order valence-corrected chi connectivity index (χ2v) is 6.99. The summed E-state index contributed by atoms with van der Waals surface area (Å²) in [7, 11) is 1.55. The molecule has 26 heavy (non-hydrogen) atoms. The molecule has 0 spiro atoms. The number of esters is 1. The first-order chi connectivity index (χ1) is 12.6. The van der Waals surface area contributed by atoms with Crippen molar-refractivity contribution in [3.05, 3.63) is 63.6 Å². The van der Waals surface area contributed by atoms with Crippen LogP contribution in [-0.4, -0.2) is 25.6 Å². The van der Waals surface area contributed by atoms with Gasteiger partial charge in [0, 0.05) is 0 Å². The van der Waals surface area contributed by atoms with Gasteiger partial charge in [0.2, 0.25) is 0 Å². The molecule has 0 saturated heterocycles. The fraction of sp³-hybridized carbons (Fsp3) is 0.300. The summed E-state index contributed by atoms with van der Waals surface area (Å²) < 4.78 is 10.9. The van der Waals surface area contributed by atoms with Crippen molar-refractivity contribution in [1.82, 2.24) is 5.32 Å². The van der Waals surface area contributed by atoms with Crippen LogP contribution in [0, 0.1) is 0 Å². The molecule has 2 aromatic rings. The summed E-state index contributed by atoms with van der Waals surface area (Å²) in [5, 5.41) is 2.97. The first-order valence-corrected chi connectivity index (χ1v) is 9.25. The van der Waals surface area contributed by atoms with Gasteiger partial charge in [-0.05, 0) is 64.5 Å². The molecular formula is C20H20BrNO4. The molecule has 0 fully saturated rings. The Morgan fingerprint density at radius 3 is 2.81 bits per heavy atom. The largest absolute Gasteiger partial charge is 0.496 e. The number of hydrogen-bond donors (Lipinski definition) is 1. The standard InChI is InChI=1S/C20H20BrNO4/c1-25-18-10-9-14(11-16(18)21)20(24)26-12-19(23)22-17-8-4-6-13-5-2-3-7-15(13)17/h2-3,5,7,9-11,17H,4,6,8,12H2,1H3,(H,22,23)/t17-/m1/s1. The Kier molecular flexibility index (Phi) is 5.93. The Balaban J connectivity index is 1.56. The van der Waals surface area contributed by atoms with Crippen LogP contribution in [0.1, 0.15) is 40.4 Å². The molecule has 6 heteroatoms. The highest BCUT2D eigenvalue weighted by molar-refractivity contribution is 9.10. The average Bonchev–Trinajstić information content (AvgIpc) is 2.66. The number of aryl methyl sites for hydroxylation is 1. The van der Waals surface area contributed by atoms with E-state index < -0.39 is 5.97 Å². The molecule has 0 radical (unpaired) electrons. The minimum Gasteiger partial charge on any atom is -0.496 e. The van der Waals surface area contributed by atoms with Gasteiger partial charge in [-0.15, -0.1) is 0 Å². The third-order valence-corrected chi connectivity index (χ3v) is 5.05. The predicted octanol–water partition coefficient (Wildman–Crippen LogP) is 3.81. The first kappa shape index (κ1) is 18.5. The SMILES string of the molecule is COc1ccc(C(=O)OCC(=O)N[C@@H]2CCCc3ccccc32)cc1Br. The van der Waals surface area contributed by atoms with E-state index in [0.29, 0.717) is 15.8 Å². The van der Waals surface area contributed by atoms with Crippen molar-refractivity contribution in [1.29, 1.82) is 0 Å². The van der Waals surface area contributed by atoms with Gasteiger partial charge in [0.1, 0.15) is 5.75 Å². The summed E-state index contributed by atoms with van der Waals surface area (Å²) in [5.74, 6) is -0.226. The lowest BCUT2D eigenvalue weighted by Crippen LogP contribution is -2.34. The minimum absolute atomic E-state index is 0.0266. The third-order valence-electron chi connectivity index (χ3n) is 4.43. The van der Waals surface area contributed by atoms with Gasteiger partial charge in [-0.25, -0.2) is 4.79 Å². The topological polar surface area (TPSA) is 64.6 Å². The highest BCUT2D eigenvalue weighted by Crippen LogP contribution is 2.29. The Labute approximate surface area is 160 Å². The number of amides is 1. The number of ether oxygens (including phenoxy) is 2. The quantitative estimate of drug-likeness (QED) is 0.751. The zero-order valence-corrected chi connectivity index (χ0v) is 16.0. The summed E-state index contributed by atoms with van der Waals surface area (Å²) in [6.45, 7) is -0.304. The average molecular weight is 418 g/mol. The molecule has 1 atom stereocenters. The summed E-state index contributed by atoms with van der Waals surface area (Å²) in [6, 6.07) is 13.0. The van der Waals surface area contributed by atoms with Crippen molar-refractivity contribution in [2.75, 3.05) is 13.7 Å². The molecular weight excluding hydrogens is 398 g/mol. The van der Waals surface area contributed by atoms with Crippen LogP contribution in [0.3, 0.4) is 0 Å². The molecule has 1 N–H and O–H groups in total. The number of methoxy groups -OCH3 is 1. The van der Waals surface area contributed by atoms with E-state index in [2.05, 4.69) is 27.3 Å². The van der Waals surface area contributed by atoms with Gasteiger partial charge in [0.15, 0.2) is 6.61 Å². The smallest absolute Gasteiger partial charge is 0.338 e. The number of fused-ring (bicyclic) bond motifs is 1. The summed E-state index contributed by atoms with van der Waals surface area (Å²) in [5.41, 5.74) is 2.77. The normalized spacial score (nSPS) is 15.7. The second-order valence-electron chi connectivity index (χ2n) is 6.14. The molecule has 1 aliphatic carbocycles. The van der Waals surface area contributed by atoms with Gasteiger partial charge >= 0.3 is 5.97 Å². The maximum absolute atomic E-state index is 12.2. The second kappa shape index (κ2) is 8.36. The lowest BCUT2D eigenvalue weighted by atomic mass is 9.88. The highest BCUT2D eigenvalue weighted by atomic mass is 79.9. The zero-order valence-electron chi connectivity index (χ0n) is 14.5. The number of benzene rings is 2. The molecule has 0 aliphatic heterocycles. The summed E-state index contributed by atoms with van der Waals surface area (Å²) in [4.78, 5) is 24.3. The van der Waals surface area contributed by atoms with E-state index in [-0.39, 0.29) is 18.6 Å².